The molecule has 0 aliphatic heterocycles. The maximum Gasteiger partial charge on any atom is 0.259 e. The summed E-state index contributed by atoms with van der Waals surface area (Å²) in [7, 11) is 1.55. The Labute approximate surface area is 205 Å². The molecule has 1 N–H and O–H groups in total. The molecule has 0 spiro atoms. The number of methoxy groups -OCH3 is 1. The Morgan fingerprint density at radius 1 is 1.11 bits per heavy atom. The molecule has 35 heavy (non-hydrogen) atoms. The van der Waals surface area contributed by atoms with E-state index in [0.717, 1.165) is 11.3 Å². The third-order valence-corrected chi connectivity index (χ3v) is 5.77. The van der Waals surface area contributed by atoms with E-state index in [1.807, 2.05) is 42.6 Å². The lowest BCUT2D eigenvalue weighted by molar-refractivity contribution is 0.415. The highest BCUT2D eigenvalue weighted by molar-refractivity contribution is 6.32. The molecule has 5 aromatic rings. The van der Waals surface area contributed by atoms with E-state index in [1.54, 1.807) is 54.3 Å². The van der Waals surface area contributed by atoms with E-state index in [1.165, 1.54) is 0 Å². The Morgan fingerprint density at radius 3 is 2.63 bits per heavy atom. The van der Waals surface area contributed by atoms with Crippen LogP contribution in [0.25, 0.3) is 39.5 Å². The number of aromatic nitrogens is 4. The lowest BCUT2D eigenvalue weighted by Crippen LogP contribution is -2.11. The van der Waals surface area contributed by atoms with Crippen LogP contribution in [0.2, 0.25) is 5.02 Å². The summed E-state index contributed by atoms with van der Waals surface area (Å²) in [6.45, 7) is 0. The average molecular weight is 480 g/mol. The molecule has 0 bridgehead atoms. The van der Waals surface area contributed by atoms with Crippen LogP contribution in [0, 0.1) is 11.3 Å². The van der Waals surface area contributed by atoms with Gasteiger partial charge in [0.1, 0.15) is 17.5 Å². The van der Waals surface area contributed by atoms with Gasteiger partial charge in [0.25, 0.3) is 5.56 Å². The van der Waals surface area contributed by atoms with Crippen LogP contribution in [-0.4, -0.2) is 26.9 Å². The molecular formula is C27H18ClN5O2. The molecule has 0 radical (unpaired) electrons. The van der Waals surface area contributed by atoms with Crippen LogP contribution in [0.15, 0.2) is 83.8 Å². The highest BCUT2D eigenvalue weighted by Gasteiger charge is 2.16. The monoisotopic (exact) mass is 479 g/mol. The van der Waals surface area contributed by atoms with Crippen LogP contribution in [-0.2, 0) is 0 Å². The molecule has 0 saturated heterocycles. The fourth-order valence-corrected chi connectivity index (χ4v) is 4.02. The van der Waals surface area contributed by atoms with Crippen LogP contribution >= 0.6 is 11.6 Å². The predicted octanol–water partition coefficient (Wildman–Crippen LogP) is 5.50. The van der Waals surface area contributed by atoms with Crippen molar-refractivity contribution in [2.75, 3.05) is 7.11 Å². The summed E-state index contributed by atoms with van der Waals surface area (Å²) in [6, 6.07) is 24.1. The number of benzene rings is 3. The minimum absolute atomic E-state index is 0.183. The topological polar surface area (TPSA) is 96.6 Å². The summed E-state index contributed by atoms with van der Waals surface area (Å²) in [5.41, 5.74) is 3.25. The van der Waals surface area contributed by atoms with E-state index in [9.17, 15) is 10.1 Å². The second kappa shape index (κ2) is 9.29. The number of nitrogens with zero attached hydrogens (tertiary/aromatic N) is 4. The van der Waals surface area contributed by atoms with E-state index in [-0.39, 0.29) is 17.0 Å². The maximum atomic E-state index is 12.6. The van der Waals surface area contributed by atoms with E-state index < -0.39 is 0 Å². The molecule has 0 aliphatic rings. The molecule has 0 saturated carbocycles. The molecule has 0 aliphatic carbocycles. The number of halogens is 1. The van der Waals surface area contributed by atoms with Gasteiger partial charge in [0.15, 0.2) is 5.82 Å². The van der Waals surface area contributed by atoms with Crippen molar-refractivity contribution in [1.82, 2.24) is 19.7 Å². The molecule has 8 heteroatoms. The number of allylic oxidation sites excluding steroid dienone is 1. The van der Waals surface area contributed by atoms with Crippen molar-refractivity contribution in [3.05, 3.63) is 106 Å². The molecule has 2 heterocycles. The van der Waals surface area contributed by atoms with Gasteiger partial charge in [0.2, 0.25) is 0 Å². The SMILES string of the molecule is COc1ccc(-c2nn(-c3ccccc3)cc2/C=C(\C#N)c2nc3ccccc3c(=O)[nH]2)cc1Cl. The van der Waals surface area contributed by atoms with Gasteiger partial charge in [-0.15, -0.1) is 0 Å². The van der Waals surface area contributed by atoms with Gasteiger partial charge < -0.3 is 9.72 Å². The summed E-state index contributed by atoms with van der Waals surface area (Å²) in [6.07, 6.45) is 3.48. The quantitative estimate of drug-likeness (QED) is 0.335. The number of nitriles is 1. The zero-order valence-corrected chi connectivity index (χ0v) is 19.3. The van der Waals surface area contributed by atoms with Crippen molar-refractivity contribution < 1.29 is 4.74 Å². The lowest BCUT2D eigenvalue weighted by Gasteiger charge is -2.06. The summed E-state index contributed by atoms with van der Waals surface area (Å²) in [5, 5.41) is 15.6. The van der Waals surface area contributed by atoms with Crippen molar-refractivity contribution in [2.45, 2.75) is 0 Å². The van der Waals surface area contributed by atoms with Crippen molar-refractivity contribution in [3.63, 3.8) is 0 Å². The highest BCUT2D eigenvalue weighted by atomic mass is 35.5. The molecule has 2 aromatic heterocycles. The third kappa shape index (κ3) is 4.31. The van der Waals surface area contributed by atoms with Crippen LogP contribution in [0.3, 0.4) is 0 Å². The second-order valence-corrected chi connectivity index (χ2v) is 8.07. The van der Waals surface area contributed by atoms with Crippen molar-refractivity contribution in [2.24, 2.45) is 0 Å². The number of para-hydroxylation sites is 2. The van der Waals surface area contributed by atoms with Gasteiger partial charge in [-0.2, -0.15) is 10.4 Å². The van der Waals surface area contributed by atoms with Crippen molar-refractivity contribution >= 4 is 34.2 Å². The summed E-state index contributed by atoms with van der Waals surface area (Å²) in [4.78, 5) is 19.8. The van der Waals surface area contributed by atoms with Gasteiger partial charge in [0, 0.05) is 17.3 Å². The Morgan fingerprint density at radius 2 is 1.89 bits per heavy atom. The fourth-order valence-electron chi connectivity index (χ4n) is 3.77. The van der Waals surface area contributed by atoms with Gasteiger partial charge >= 0.3 is 0 Å². The number of aromatic amines is 1. The summed E-state index contributed by atoms with van der Waals surface area (Å²) < 4.78 is 7.00. The smallest absolute Gasteiger partial charge is 0.259 e. The third-order valence-electron chi connectivity index (χ3n) is 5.48. The number of nitrogens with one attached hydrogen (secondary N) is 1. The van der Waals surface area contributed by atoms with Crippen LogP contribution in [0.1, 0.15) is 11.4 Å². The van der Waals surface area contributed by atoms with E-state index >= 15 is 0 Å². The summed E-state index contributed by atoms with van der Waals surface area (Å²) >= 11 is 6.38. The first kappa shape index (κ1) is 22.1. The zero-order chi connectivity index (χ0) is 24.4. The maximum absolute atomic E-state index is 12.6. The molecule has 170 valence electrons. The summed E-state index contributed by atoms with van der Waals surface area (Å²) in [5.74, 6) is 0.730. The molecule has 0 fully saturated rings. The number of fused-ring (bicyclic) bond motifs is 1. The molecule has 3 aromatic carbocycles. The highest BCUT2D eigenvalue weighted by Crippen LogP contribution is 2.33. The molecule has 5 rings (SSSR count). The number of H-pyrrole nitrogens is 1. The normalized spacial score (nSPS) is 11.4. The van der Waals surface area contributed by atoms with Crippen LogP contribution < -0.4 is 10.3 Å². The standard InChI is InChI=1S/C27H18ClN5O2/c1-35-24-12-11-17(14-22(24)28)25-19(16-33(32-25)20-7-3-2-4-8-20)13-18(15-29)26-30-23-10-6-5-9-21(23)27(34)31-26/h2-14,16H,1H3,(H,30,31,34)/b18-13+. The zero-order valence-electron chi connectivity index (χ0n) is 18.6. The Hall–Kier alpha value is -4.67. The number of ether oxygens (including phenoxy) is 1. The fraction of sp³-hybridized carbons (Fsp3) is 0.0370. The van der Waals surface area contributed by atoms with Crippen LogP contribution in [0.4, 0.5) is 0 Å². The first-order chi connectivity index (χ1) is 17.1. The van der Waals surface area contributed by atoms with Crippen LogP contribution in [0.5, 0.6) is 5.75 Å². The van der Waals surface area contributed by atoms with Crippen molar-refractivity contribution in [3.8, 4) is 28.8 Å². The van der Waals surface area contributed by atoms with E-state index in [4.69, 9.17) is 21.4 Å². The predicted molar refractivity (Wildman–Crippen MR) is 136 cm³/mol. The number of hydrogen-bond donors (Lipinski definition) is 1. The van der Waals surface area contributed by atoms with Crippen molar-refractivity contribution in [1.29, 1.82) is 5.26 Å². The minimum Gasteiger partial charge on any atom is -0.495 e. The molecular weight excluding hydrogens is 462 g/mol. The lowest BCUT2D eigenvalue weighted by atomic mass is 10.1. The van der Waals surface area contributed by atoms with Gasteiger partial charge in [-0.05, 0) is 48.5 Å². The van der Waals surface area contributed by atoms with Gasteiger partial charge in [-0.3, -0.25) is 4.79 Å². The second-order valence-electron chi connectivity index (χ2n) is 7.66. The molecule has 0 atom stereocenters. The van der Waals surface area contributed by atoms with Gasteiger partial charge in [0.05, 0.1) is 34.3 Å². The molecule has 0 amide bonds. The minimum atomic E-state index is -0.311. The Balaban J connectivity index is 1.69. The van der Waals surface area contributed by atoms with Gasteiger partial charge in [-0.1, -0.05) is 41.9 Å². The largest absolute Gasteiger partial charge is 0.495 e. The Bertz CT molecular complexity index is 1680. The first-order valence-corrected chi connectivity index (χ1v) is 11.1. The molecule has 0 unspecified atom stereocenters. The van der Waals surface area contributed by atoms with Gasteiger partial charge in [-0.25, -0.2) is 9.67 Å². The first-order valence-electron chi connectivity index (χ1n) is 10.7. The molecule has 7 nitrogen and oxygen atoms in total. The van der Waals surface area contributed by atoms with E-state index in [2.05, 4.69) is 16.0 Å². The van der Waals surface area contributed by atoms with E-state index in [0.29, 0.717) is 32.9 Å². The average Bonchev–Trinajstić information content (AvgIpc) is 3.31. The number of rotatable bonds is 5. The number of hydrogen-bond acceptors (Lipinski definition) is 5. The Kier molecular flexibility index (Phi) is 5.88.